The normalized spacial score (nSPS) is 19.0. The zero-order chi connectivity index (χ0) is 13.2. The minimum absolute atomic E-state index is 0.0338. The Morgan fingerprint density at radius 3 is 2.50 bits per heavy atom. The van der Waals surface area contributed by atoms with Crippen LogP contribution in [-0.4, -0.2) is 25.4 Å². The molecular weight excluding hydrogens is 255 g/mol. The van der Waals surface area contributed by atoms with Crippen molar-refractivity contribution in [2.24, 2.45) is 5.92 Å². The maximum absolute atomic E-state index is 13.5. The van der Waals surface area contributed by atoms with Crippen LogP contribution in [0.5, 0.6) is 0 Å². The second-order valence-electron chi connectivity index (χ2n) is 4.82. The molecule has 0 heterocycles. The molecule has 0 bridgehead atoms. The summed E-state index contributed by atoms with van der Waals surface area (Å²) in [5.41, 5.74) is 0. The summed E-state index contributed by atoms with van der Waals surface area (Å²) in [4.78, 5) is -0.318. The number of aliphatic hydroxyl groups excluding tert-OH is 1. The van der Waals surface area contributed by atoms with Gasteiger partial charge in [0.1, 0.15) is 10.7 Å². The van der Waals surface area contributed by atoms with Crippen LogP contribution in [0.3, 0.4) is 0 Å². The first kappa shape index (κ1) is 13.5. The average Bonchev–Trinajstić information content (AvgIpc) is 2.82. The van der Waals surface area contributed by atoms with Crippen molar-refractivity contribution < 1.29 is 17.9 Å². The number of rotatable bonds is 4. The van der Waals surface area contributed by atoms with Crippen LogP contribution in [-0.2, 0) is 9.84 Å². The molecule has 1 N–H and O–H groups in total. The summed E-state index contributed by atoms with van der Waals surface area (Å²) in [5, 5.41) is 9.94. The van der Waals surface area contributed by atoms with Crippen LogP contribution >= 0.6 is 0 Å². The van der Waals surface area contributed by atoms with Gasteiger partial charge in [-0.05, 0) is 30.9 Å². The number of sulfone groups is 1. The topological polar surface area (TPSA) is 54.4 Å². The fourth-order valence-electron chi connectivity index (χ4n) is 2.49. The second kappa shape index (κ2) is 5.36. The molecule has 0 radical (unpaired) electrons. The van der Waals surface area contributed by atoms with Gasteiger partial charge < -0.3 is 5.11 Å². The molecular formula is C13H17FO3S. The highest BCUT2D eigenvalue weighted by molar-refractivity contribution is 7.91. The van der Waals surface area contributed by atoms with Gasteiger partial charge in [0.2, 0.25) is 0 Å². The predicted molar refractivity (Wildman–Crippen MR) is 66.4 cm³/mol. The number of hydrogen-bond acceptors (Lipinski definition) is 3. The van der Waals surface area contributed by atoms with Crippen LogP contribution in [0.15, 0.2) is 29.2 Å². The van der Waals surface area contributed by atoms with Crippen LogP contribution in [0, 0.1) is 11.7 Å². The van der Waals surface area contributed by atoms with E-state index in [-0.39, 0.29) is 10.8 Å². The highest BCUT2D eigenvalue weighted by Crippen LogP contribution is 2.29. The smallest absolute Gasteiger partial charge is 0.183 e. The highest BCUT2D eigenvalue weighted by Gasteiger charge is 2.29. The van der Waals surface area contributed by atoms with Crippen molar-refractivity contribution in [1.82, 2.24) is 0 Å². The average molecular weight is 272 g/mol. The molecule has 18 heavy (non-hydrogen) atoms. The van der Waals surface area contributed by atoms with E-state index in [9.17, 15) is 17.9 Å². The lowest BCUT2D eigenvalue weighted by atomic mass is 10.0. The van der Waals surface area contributed by atoms with Gasteiger partial charge in [-0.1, -0.05) is 25.0 Å². The largest absolute Gasteiger partial charge is 0.392 e. The maximum Gasteiger partial charge on any atom is 0.183 e. The van der Waals surface area contributed by atoms with Crippen molar-refractivity contribution in [2.45, 2.75) is 36.7 Å². The molecule has 2 rings (SSSR count). The molecule has 0 aliphatic heterocycles. The minimum atomic E-state index is -3.75. The van der Waals surface area contributed by atoms with Gasteiger partial charge in [-0.15, -0.1) is 0 Å². The predicted octanol–water partition coefficient (Wildman–Crippen LogP) is 2.15. The van der Waals surface area contributed by atoms with Gasteiger partial charge >= 0.3 is 0 Å². The number of hydrogen-bond donors (Lipinski definition) is 1. The van der Waals surface area contributed by atoms with Crippen molar-refractivity contribution in [3.8, 4) is 0 Å². The quantitative estimate of drug-likeness (QED) is 0.913. The van der Waals surface area contributed by atoms with Gasteiger partial charge in [-0.3, -0.25) is 0 Å². The van der Waals surface area contributed by atoms with E-state index in [1.54, 1.807) is 0 Å². The molecule has 100 valence electrons. The van der Waals surface area contributed by atoms with E-state index in [0.717, 1.165) is 31.7 Å². The molecule has 1 unspecified atom stereocenters. The first-order valence-electron chi connectivity index (χ1n) is 6.16. The van der Waals surface area contributed by atoms with E-state index in [0.29, 0.717) is 0 Å². The van der Waals surface area contributed by atoms with Crippen molar-refractivity contribution in [3.05, 3.63) is 30.1 Å². The van der Waals surface area contributed by atoms with E-state index >= 15 is 0 Å². The Kier molecular flexibility index (Phi) is 4.02. The molecule has 0 aromatic heterocycles. The summed E-state index contributed by atoms with van der Waals surface area (Å²) in [6.45, 7) is 0. The van der Waals surface area contributed by atoms with Gasteiger partial charge in [0, 0.05) is 0 Å². The Labute approximate surface area is 107 Å². The third-order valence-electron chi connectivity index (χ3n) is 3.51. The molecule has 1 saturated carbocycles. The molecule has 1 aliphatic rings. The Balaban J connectivity index is 2.14. The first-order valence-corrected chi connectivity index (χ1v) is 7.81. The van der Waals surface area contributed by atoms with Gasteiger partial charge in [0.25, 0.3) is 0 Å². The molecule has 3 nitrogen and oxygen atoms in total. The van der Waals surface area contributed by atoms with E-state index < -0.39 is 27.5 Å². The first-order chi connectivity index (χ1) is 8.50. The Morgan fingerprint density at radius 1 is 1.28 bits per heavy atom. The lowest BCUT2D eigenvalue weighted by molar-refractivity contribution is 0.131. The molecule has 1 aromatic carbocycles. The summed E-state index contributed by atoms with van der Waals surface area (Å²) in [6.07, 6.45) is 2.88. The zero-order valence-electron chi connectivity index (χ0n) is 10.0. The molecule has 1 atom stereocenters. The SMILES string of the molecule is O=S(=O)(CC(O)C1CCCC1)c1ccccc1F. The molecule has 1 aliphatic carbocycles. The molecule has 0 amide bonds. The summed E-state index contributed by atoms with van der Waals surface area (Å²) in [7, 11) is -3.75. The van der Waals surface area contributed by atoms with Gasteiger partial charge in [0.05, 0.1) is 11.9 Å². The van der Waals surface area contributed by atoms with Crippen molar-refractivity contribution >= 4 is 9.84 Å². The standard InChI is InChI=1S/C13H17FO3S/c14-11-7-3-4-8-13(11)18(16,17)9-12(15)10-5-1-2-6-10/h3-4,7-8,10,12,15H,1-2,5-6,9H2. The van der Waals surface area contributed by atoms with Crippen molar-refractivity contribution in [2.75, 3.05) is 5.75 Å². The van der Waals surface area contributed by atoms with Gasteiger partial charge in [-0.25, -0.2) is 12.8 Å². The lowest BCUT2D eigenvalue weighted by Crippen LogP contribution is -2.27. The lowest BCUT2D eigenvalue weighted by Gasteiger charge is -2.17. The van der Waals surface area contributed by atoms with Crippen LogP contribution in [0.2, 0.25) is 0 Å². The van der Waals surface area contributed by atoms with E-state index in [2.05, 4.69) is 0 Å². The third kappa shape index (κ3) is 2.90. The van der Waals surface area contributed by atoms with Crippen LogP contribution in [0.25, 0.3) is 0 Å². The zero-order valence-corrected chi connectivity index (χ0v) is 10.9. The monoisotopic (exact) mass is 272 g/mol. The van der Waals surface area contributed by atoms with Crippen LogP contribution < -0.4 is 0 Å². The third-order valence-corrected chi connectivity index (χ3v) is 5.29. The Hall–Kier alpha value is -0.940. The summed E-state index contributed by atoms with van der Waals surface area (Å²) < 4.78 is 37.5. The Bertz CT molecular complexity index is 507. The number of aliphatic hydroxyl groups is 1. The maximum atomic E-state index is 13.5. The molecule has 5 heteroatoms. The van der Waals surface area contributed by atoms with E-state index in [4.69, 9.17) is 0 Å². The van der Waals surface area contributed by atoms with Gasteiger partial charge in [-0.2, -0.15) is 0 Å². The second-order valence-corrected chi connectivity index (χ2v) is 6.83. The summed E-state index contributed by atoms with van der Waals surface area (Å²) in [6, 6.07) is 5.29. The van der Waals surface area contributed by atoms with Crippen molar-refractivity contribution in [3.63, 3.8) is 0 Å². The van der Waals surface area contributed by atoms with E-state index in [1.165, 1.54) is 18.2 Å². The molecule has 0 spiro atoms. The van der Waals surface area contributed by atoms with Crippen molar-refractivity contribution in [1.29, 1.82) is 0 Å². The van der Waals surface area contributed by atoms with Crippen LogP contribution in [0.1, 0.15) is 25.7 Å². The molecule has 0 saturated heterocycles. The molecule has 1 fully saturated rings. The fraction of sp³-hybridized carbons (Fsp3) is 0.538. The van der Waals surface area contributed by atoms with Crippen LogP contribution in [0.4, 0.5) is 4.39 Å². The van der Waals surface area contributed by atoms with E-state index in [1.807, 2.05) is 0 Å². The highest BCUT2D eigenvalue weighted by atomic mass is 32.2. The number of benzene rings is 1. The minimum Gasteiger partial charge on any atom is -0.392 e. The summed E-state index contributed by atoms with van der Waals surface area (Å²) >= 11 is 0. The van der Waals surface area contributed by atoms with Gasteiger partial charge in [0.15, 0.2) is 9.84 Å². The summed E-state index contributed by atoms with van der Waals surface area (Å²) in [5.74, 6) is -1.11. The molecule has 1 aromatic rings. The number of halogens is 1. The fourth-order valence-corrected chi connectivity index (χ4v) is 4.04. The Morgan fingerprint density at radius 2 is 1.89 bits per heavy atom.